The fraction of sp³-hybridized carbons (Fsp3) is 0.333. The lowest BCUT2D eigenvalue weighted by Gasteiger charge is -2.07. The second-order valence-corrected chi connectivity index (χ2v) is 2.91. The van der Waals surface area contributed by atoms with Crippen molar-refractivity contribution >= 4 is 5.97 Å². The molecule has 1 heterocycles. The Morgan fingerprint density at radius 1 is 1.62 bits per heavy atom. The quantitative estimate of drug-likeness (QED) is 0.726. The lowest BCUT2D eigenvalue weighted by atomic mass is 10.1. The van der Waals surface area contributed by atoms with Crippen LogP contribution in [-0.2, 0) is 4.79 Å². The molecule has 0 aliphatic heterocycles. The molecule has 1 atom stereocenters. The van der Waals surface area contributed by atoms with Crippen LogP contribution >= 0.6 is 0 Å². The van der Waals surface area contributed by atoms with E-state index in [0.717, 1.165) is 5.56 Å². The second kappa shape index (κ2) is 4.00. The summed E-state index contributed by atoms with van der Waals surface area (Å²) >= 11 is 0. The molecule has 0 spiro atoms. The van der Waals surface area contributed by atoms with E-state index in [1.54, 1.807) is 12.3 Å². The van der Waals surface area contributed by atoms with Gasteiger partial charge < -0.3 is 10.2 Å². The minimum Gasteiger partial charge on any atom is -0.481 e. The molecule has 2 N–H and O–H groups in total. The summed E-state index contributed by atoms with van der Waals surface area (Å²) in [4.78, 5) is 14.1. The number of aromatic nitrogens is 1. The fourth-order valence-corrected chi connectivity index (χ4v) is 1.04. The van der Waals surface area contributed by atoms with Gasteiger partial charge in [0.05, 0.1) is 12.5 Å². The highest BCUT2D eigenvalue weighted by molar-refractivity contribution is 5.67. The topological polar surface area (TPSA) is 70.4 Å². The molecule has 0 aliphatic rings. The first-order valence-corrected chi connectivity index (χ1v) is 3.91. The van der Waals surface area contributed by atoms with Gasteiger partial charge in [-0.3, -0.25) is 9.78 Å². The highest BCUT2D eigenvalue weighted by Crippen LogP contribution is 2.15. The van der Waals surface area contributed by atoms with Crippen LogP contribution in [0.25, 0.3) is 0 Å². The van der Waals surface area contributed by atoms with Gasteiger partial charge in [0, 0.05) is 12.4 Å². The number of aliphatic hydroxyl groups is 1. The molecule has 0 aromatic carbocycles. The maximum atomic E-state index is 10.3. The van der Waals surface area contributed by atoms with Crippen molar-refractivity contribution in [3.8, 4) is 0 Å². The molecule has 1 aromatic heterocycles. The van der Waals surface area contributed by atoms with Crippen LogP contribution in [0.1, 0.15) is 23.7 Å². The van der Waals surface area contributed by atoms with Gasteiger partial charge >= 0.3 is 5.97 Å². The van der Waals surface area contributed by atoms with Gasteiger partial charge in [-0.2, -0.15) is 0 Å². The van der Waals surface area contributed by atoms with Crippen LogP contribution in [0, 0.1) is 6.92 Å². The van der Waals surface area contributed by atoms with Crippen molar-refractivity contribution in [3.63, 3.8) is 0 Å². The van der Waals surface area contributed by atoms with Crippen LogP contribution in [0.4, 0.5) is 0 Å². The molecule has 0 saturated heterocycles. The maximum absolute atomic E-state index is 10.3. The standard InChI is InChI=1S/C9H11NO3/c1-6-2-7(5-10-4-6)8(11)3-9(12)13/h2,4-5,8,11H,3H2,1H3,(H,12,13)/t8-/m0/s1. The van der Waals surface area contributed by atoms with E-state index in [9.17, 15) is 9.90 Å². The number of hydrogen-bond acceptors (Lipinski definition) is 3. The van der Waals surface area contributed by atoms with Gasteiger partial charge in [0.1, 0.15) is 0 Å². The van der Waals surface area contributed by atoms with Crippen molar-refractivity contribution in [1.29, 1.82) is 0 Å². The minimum absolute atomic E-state index is 0.287. The molecule has 13 heavy (non-hydrogen) atoms. The highest BCUT2D eigenvalue weighted by atomic mass is 16.4. The average molecular weight is 181 g/mol. The van der Waals surface area contributed by atoms with Gasteiger partial charge in [-0.15, -0.1) is 0 Å². The van der Waals surface area contributed by atoms with Crippen molar-refractivity contribution in [2.24, 2.45) is 0 Å². The van der Waals surface area contributed by atoms with Gasteiger partial charge in [0.25, 0.3) is 0 Å². The Hall–Kier alpha value is -1.42. The summed E-state index contributed by atoms with van der Waals surface area (Å²) in [5.41, 5.74) is 1.45. The number of aliphatic hydroxyl groups excluding tert-OH is 1. The lowest BCUT2D eigenvalue weighted by molar-refractivity contribution is -0.139. The third kappa shape index (κ3) is 2.83. The first-order valence-electron chi connectivity index (χ1n) is 3.91. The van der Waals surface area contributed by atoms with Gasteiger partial charge in [0.15, 0.2) is 0 Å². The van der Waals surface area contributed by atoms with Gasteiger partial charge in [-0.25, -0.2) is 0 Å². The molecule has 4 heteroatoms. The number of pyridine rings is 1. The summed E-state index contributed by atoms with van der Waals surface area (Å²) in [5.74, 6) is -1.02. The average Bonchev–Trinajstić information content (AvgIpc) is 2.03. The maximum Gasteiger partial charge on any atom is 0.306 e. The highest BCUT2D eigenvalue weighted by Gasteiger charge is 2.11. The van der Waals surface area contributed by atoms with E-state index in [4.69, 9.17) is 5.11 Å². The number of hydrogen-bond donors (Lipinski definition) is 2. The van der Waals surface area contributed by atoms with E-state index >= 15 is 0 Å². The molecular formula is C9H11NO3. The second-order valence-electron chi connectivity index (χ2n) is 2.91. The minimum atomic E-state index is -1.02. The predicted molar refractivity (Wildman–Crippen MR) is 46.2 cm³/mol. The number of carboxylic acids is 1. The summed E-state index contributed by atoms with van der Waals surface area (Å²) in [5, 5.41) is 17.8. The molecule has 70 valence electrons. The normalized spacial score (nSPS) is 12.5. The molecule has 1 aromatic rings. The number of aryl methyl sites for hydroxylation is 1. The predicted octanol–water partition coefficient (Wildman–Crippen LogP) is 0.898. The van der Waals surface area contributed by atoms with Crippen molar-refractivity contribution in [2.45, 2.75) is 19.4 Å². The first-order chi connectivity index (χ1) is 6.09. The van der Waals surface area contributed by atoms with Crippen molar-refractivity contribution in [1.82, 2.24) is 4.98 Å². The van der Waals surface area contributed by atoms with Crippen LogP contribution < -0.4 is 0 Å². The molecule has 0 aliphatic carbocycles. The molecule has 0 unspecified atom stereocenters. The zero-order valence-electron chi connectivity index (χ0n) is 7.27. The van der Waals surface area contributed by atoms with Crippen molar-refractivity contribution < 1.29 is 15.0 Å². The third-order valence-corrected chi connectivity index (χ3v) is 1.65. The van der Waals surface area contributed by atoms with E-state index in [0.29, 0.717) is 5.56 Å². The number of nitrogens with zero attached hydrogens (tertiary/aromatic N) is 1. The van der Waals surface area contributed by atoms with Crippen molar-refractivity contribution in [2.75, 3.05) is 0 Å². The first kappa shape index (κ1) is 9.67. The Kier molecular flexibility index (Phi) is 2.97. The van der Waals surface area contributed by atoms with Crippen LogP contribution in [0.15, 0.2) is 18.5 Å². The zero-order chi connectivity index (χ0) is 9.84. The van der Waals surface area contributed by atoms with Gasteiger partial charge in [-0.1, -0.05) is 6.07 Å². The number of carboxylic acid groups (broad SMARTS) is 1. The Morgan fingerprint density at radius 3 is 2.85 bits per heavy atom. The van der Waals surface area contributed by atoms with Gasteiger partial charge in [0.2, 0.25) is 0 Å². The van der Waals surface area contributed by atoms with E-state index < -0.39 is 12.1 Å². The summed E-state index contributed by atoms with van der Waals surface area (Å²) in [7, 11) is 0. The van der Waals surface area contributed by atoms with Crippen LogP contribution in [-0.4, -0.2) is 21.2 Å². The Bertz CT molecular complexity index is 311. The fourth-order valence-electron chi connectivity index (χ4n) is 1.04. The van der Waals surface area contributed by atoms with E-state index in [2.05, 4.69) is 4.98 Å². The SMILES string of the molecule is Cc1cncc([C@@H](O)CC(=O)O)c1. The lowest BCUT2D eigenvalue weighted by Crippen LogP contribution is -2.05. The Labute approximate surface area is 75.9 Å². The number of rotatable bonds is 3. The van der Waals surface area contributed by atoms with Crippen LogP contribution in [0.2, 0.25) is 0 Å². The zero-order valence-corrected chi connectivity index (χ0v) is 7.27. The number of aliphatic carboxylic acids is 1. The molecule has 0 saturated carbocycles. The largest absolute Gasteiger partial charge is 0.481 e. The molecule has 1 rings (SSSR count). The summed E-state index contributed by atoms with van der Waals surface area (Å²) < 4.78 is 0. The summed E-state index contributed by atoms with van der Waals surface area (Å²) in [6.45, 7) is 1.84. The molecule has 0 amide bonds. The Morgan fingerprint density at radius 2 is 2.31 bits per heavy atom. The molecule has 0 bridgehead atoms. The van der Waals surface area contributed by atoms with E-state index in [1.807, 2.05) is 6.92 Å². The third-order valence-electron chi connectivity index (χ3n) is 1.65. The Balaban J connectivity index is 2.76. The monoisotopic (exact) mass is 181 g/mol. The van der Waals surface area contributed by atoms with E-state index in [1.165, 1.54) is 6.20 Å². The number of carbonyl (C=O) groups is 1. The van der Waals surface area contributed by atoms with Crippen LogP contribution in [0.5, 0.6) is 0 Å². The van der Waals surface area contributed by atoms with Gasteiger partial charge in [-0.05, 0) is 18.1 Å². The molecule has 0 radical (unpaired) electrons. The van der Waals surface area contributed by atoms with Crippen LogP contribution in [0.3, 0.4) is 0 Å². The van der Waals surface area contributed by atoms with Crippen molar-refractivity contribution in [3.05, 3.63) is 29.6 Å². The molecular weight excluding hydrogens is 170 g/mol. The summed E-state index contributed by atoms with van der Waals surface area (Å²) in [6.07, 6.45) is 1.87. The summed E-state index contributed by atoms with van der Waals surface area (Å²) in [6, 6.07) is 1.72. The van der Waals surface area contributed by atoms with E-state index in [-0.39, 0.29) is 6.42 Å². The smallest absolute Gasteiger partial charge is 0.306 e. The molecule has 0 fully saturated rings. The molecule has 4 nitrogen and oxygen atoms in total.